The smallest absolute Gasteiger partial charge is 0.259 e. The van der Waals surface area contributed by atoms with Gasteiger partial charge in [0.1, 0.15) is 17.5 Å². The van der Waals surface area contributed by atoms with Crippen molar-refractivity contribution >= 4 is 23.5 Å². The highest BCUT2D eigenvalue weighted by atomic mass is 32.2. The topological polar surface area (TPSA) is 58.6 Å². The summed E-state index contributed by atoms with van der Waals surface area (Å²) in [6, 6.07) is 9.52. The Labute approximate surface area is 157 Å². The van der Waals surface area contributed by atoms with Crippen LogP contribution >= 0.6 is 11.8 Å². The first-order valence-corrected chi connectivity index (χ1v) is 10.1. The highest BCUT2D eigenvalue weighted by Gasteiger charge is 2.27. The normalized spacial score (nSPS) is 20.2. The molecule has 2 saturated heterocycles. The standard InChI is InChI=1S/C19H22N4O2S/c24-19(16-4-3-8-21-18(16)25-15-6-13-26-14-15)23-11-9-22(10-12-23)17-5-1-2-7-20-17/h1-5,7-8,15H,6,9-14H2. The predicted molar refractivity (Wildman–Crippen MR) is 103 cm³/mol. The maximum atomic E-state index is 13.0. The van der Waals surface area contributed by atoms with Gasteiger partial charge in [-0.2, -0.15) is 11.8 Å². The van der Waals surface area contributed by atoms with E-state index in [1.54, 1.807) is 18.5 Å². The highest BCUT2D eigenvalue weighted by Crippen LogP contribution is 2.25. The Morgan fingerprint density at radius 2 is 1.92 bits per heavy atom. The van der Waals surface area contributed by atoms with Crippen LogP contribution in [0.2, 0.25) is 0 Å². The summed E-state index contributed by atoms with van der Waals surface area (Å²) in [4.78, 5) is 25.8. The second-order valence-corrected chi connectivity index (χ2v) is 7.58. The molecule has 0 saturated carbocycles. The molecule has 0 spiro atoms. The molecule has 0 aromatic carbocycles. The minimum Gasteiger partial charge on any atom is -0.473 e. The van der Waals surface area contributed by atoms with Crippen LogP contribution in [0.1, 0.15) is 16.8 Å². The first kappa shape index (κ1) is 17.1. The van der Waals surface area contributed by atoms with E-state index in [-0.39, 0.29) is 12.0 Å². The van der Waals surface area contributed by atoms with Crippen LogP contribution in [0.4, 0.5) is 5.82 Å². The summed E-state index contributed by atoms with van der Waals surface area (Å²) in [5.74, 6) is 3.50. The quantitative estimate of drug-likeness (QED) is 0.823. The van der Waals surface area contributed by atoms with Crippen LogP contribution in [-0.4, -0.2) is 64.6 Å². The summed E-state index contributed by atoms with van der Waals surface area (Å²) in [7, 11) is 0. The molecule has 2 aliphatic heterocycles. The zero-order valence-electron chi connectivity index (χ0n) is 14.6. The molecule has 2 aromatic heterocycles. The van der Waals surface area contributed by atoms with E-state index in [1.807, 2.05) is 40.9 Å². The fraction of sp³-hybridized carbons (Fsp3) is 0.421. The zero-order valence-corrected chi connectivity index (χ0v) is 15.4. The van der Waals surface area contributed by atoms with Gasteiger partial charge >= 0.3 is 0 Å². The molecule has 0 bridgehead atoms. The number of aromatic nitrogens is 2. The van der Waals surface area contributed by atoms with Crippen molar-refractivity contribution in [3.63, 3.8) is 0 Å². The van der Waals surface area contributed by atoms with E-state index in [2.05, 4.69) is 14.9 Å². The molecule has 0 aliphatic carbocycles. The second kappa shape index (κ2) is 7.95. The van der Waals surface area contributed by atoms with Crippen LogP contribution in [0.3, 0.4) is 0 Å². The lowest BCUT2D eigenvalue weighted by Crippen LogP contribution is -2.49. The van der Waals surface area contributed by atoms with Crippen molar-refractivity contribution in [2.45, 2.75) is 12.5 Å². The Hall–Kier alpha value is -2.28. The lowest BCUT2D eigenvalue weighted by atomic mass is 10.2. The lowest BCUT2D eigenvalue weighted by molar-refractivity contribution is 0.0738. The molecule has 1 unspecified atom stereocenters. The Morgan fingerprint density at radius 1 is 1.08 bits per heavy atom. The van der Waals surface area contributed by atoms with Gasteiger partial charge in [-0.05, 0) is 36.4 Å². The van der Waals surface area contributed by atoms with Crippen molar-refractivity contribution in [1.82, 2.24) is 14.9 Å². The van der Waals surface area contributed by atoms with Gasteiger partial charge in [0.15, 0.2) is 0 Å². The molecule has 2 fully saturated rings. The minimum absolute atomic E-state index is 0.000536. The zero-order chi connectivity index (χ0) is 17.8. The van der Waals surface area contributed by atoms with Crippen LogP contribution in [0.15, 0.2) is 42.7 Å². The molecule has 2 aliphatic rings. The number of hydrogen-bond donors (Lipinski definition) is 0. The minimum atomic E-state index is -0.000536. The second-order valence-electron chi connectivity index (χ2n) is 6.43. The highest BCUT2D eigenvalue weighted by molar-refractivity contribution is 7.99. The van der Waals surface area contributed by atoms with Crippen molar-refractivity contribution in [2.24, 2.45) is 0 Å². The fourth-order valence-corrected chi connectivity index (χ4v) is 4.35. The third kappa shape index (κ3) is 3.77. The van der Waals surface area contributed by atoms with E-state index in [0.717, 1.165) is 36.8 Å². The number of hydrogen-bond acceptors (Lipinski definition) is 6. The Bertz CT molecular complexity index is 744. The number of pyridine rings is 2. The van der Waals surface area contributed by atoms with Crippen molar-refractivity contribution < 1.29 is 9.53 Å². The van der Waals surface area contributed by atoms with Gasteiger partial charge in [-0.15, -0.1) is 0 Å². The van der Waals surface area contributed by atoms with Crippen LogP contribution < -0.4 is 9.64 Å². The van der Waals surface area contributed by atoms with E-state index in [9.17, 15) is 4.79 Å². The number of carbonyl (C=O) groups excluding carboxylic acids is 1. The maximum Gasteiger partial charge on any atom is 0.259 e. The van der Waals surface area contributed by atoms with E-state index < -0.39 is 0 Å². The monoisotopic (exact) mass is 370 g/mol. The molecule has 0 radical (unpaired) electrons. The first-order valence-electron chi connectivity index (χ1n) is 8.96. The van der Waals surface area contributed by atoms with Gasteiger partial charge in [0.25, 0.3) is 5.91 Å². The molecule has 136 valence electrons. The van der Waals surface area contributed by atoms with Crippen molar-refractivity contribution in [2.75, 3.05) is 42.6 Å². The molecule has 2 aromatic rings. The van der Waals surface area contributed by atoms with Gasteiger partial charge in [0.05, 0.1) is 0 Å². The SMILES string of the molecule is O=C(c1cccnc1OC1CCSC1)N1CCN(c2ccccn2)CC1. The maximum absolute atomic E-state index is 13.0. The number of thioether (sulfide) groups is 1. The summed E-state index contributed by atoms with van der Waals surface area (Å²) in [6.45, 7) is 2.89. The molecule has 6 nitrogen and oxygen atoms in total. The molecule has 26 heavy (non-hydrogen) atoms. The third-order valence-electron chi connectivity index (χ3n) is 4.71. The van der Waals surface area contributed by atoms with Gasteiger partial charge < -0.3 is 14.5 Å². The Kier molecular flexibility index (Phi) is 5.24. The summed E-state index contributed by atoms with van der Waals surface area (Å²) in [5, 5.41) is 0. The average molecular weight is 370 g/mol. The summed E-state index contributed by atoms with van der Waals surface area (Å²) >= 11 is 1.88. The number of nitrogens with zero attached hydrogens (tertiary/aromatic N) is 4. The lowest BCUT2D eigenvalue weighted by Gasteiger charge is -2.35. The fourth-order valence-electron chi connectivity index (χ4n) is 3.26. The number of anilines is 1. The van der Waals surface area contributed by atoms with Crippen LogP contribution in [-0.2, 0) is 0 Å². The van der Waals surface area contributed by atoms with Crippen LogP contribution in [0.5, 0.6) is 5.88 Å². The molecule has 1 amide bonds. The van der Waals surface area contributed by atoms with Gasteiger partial charge in [0, 0.05) is 44.3 Å². The number of piperazine rings is 1. The van der Waals surface area contributed by atoms with Crippen molar-refractivity contribution in [1.29, 1.82) is 0 Å². The van der Waals surface area contributed by atoms with Crippen molar-refractivity contribution in [3.05, 3.63) is 48.3 Å². The van der Waals surface area contributed by atoms with E-state index in [1.165, 1.54) is 0 Å². The van der Waals surface area contributed by atoms with E-state index in [4.69, 9.17) is 4.74 Å². The van der Waals surface area contributed by atoms with Crippen LogP contribution in [0.25, 0.3) is 0 Å². The van der Waals surface area contributed by atoms with Crippen molar-refractivity contribution in [3.8, 4) is 5.88 Å². The average Bonchev–Trinajstić information content (AvgIpc) is 3.22. The molecule has 4 heterocycles. The molecular weight excluding hydrogens is 348 g/mol. The van der Waals surface area contributed by atoms with Gasteiger partial charge in [-0.1, -0.05) is 6.07 Å². The molecule has 7 heteroatoms. The summed E-state index contributed by atoms with van der Waals surface area (Å²) < 4.78 is 6.01. The largest absolute Gasteiger partial charge is 0.473 e. The molecule has 0 N–H and O–H groups in total. The summed E-state index contributed by atoms with van der Waals surface area (Å²) in [6.07, 6.45) is 4.65. The Morgan fingerprint density at radius 3 is 2.65 bits per heavy atom. The van der Waals surface area contributed by atoms with Crippen LogP contribution in [0, 0.1) is 0 Å². The first-order chi connectivity index (χ1) is 12.8. The summed E-state index contributed by atoms with van der Waals surface area (Å²) in [5.41, 5.74) is 0.565. The molecular formula is C19H22N4O2S. The number of rotatable bonds is 4. The van der Waals surface area contributed by atoms with E-state index >= 15 is 0 Å². The number of ether oxygens (including phenoxy) is 1. The third-order valence-corrected chi connectivity index (χ3v) is 5.84. The molecule has 1 atom stereocenters. The predicted octanol–water partition coefficient (Wildman–Crippen LogP) is 2.32. The van der Waals surface area contributed by atoms with Gasteiger partial charge in [-0.3, -0.25) is 4.79 Å². The van der Waals surface area contributed by atoms with Gasteiger partial charge in [-0.25, -0.2) is 9.97 Å². The Balaban J connectivity index is 1.42. The van der Waals surface area contributed by atoms with E-state index in [0.29, 0.717) is 24.5 Å². The number of amides is 1. The molecule has 4 rings (SSSR count). The van der Waals surface area contributed by atoms with Gasteiger partial charge in [0.2, 0.25) is 5.88 Å². The number of carbonyl (C=O) groups is 1.